The van der Waals surface area contributed by atoms with E-state index in [1.807, 2.05) is 24.3 Å². The first-order chi connectivity index (χ1) is 10.3. The Morgan fingerprint density at radius 3 is 2.82 bits per heavy atom. The Kier molecular flexibility index (Phi) is 5.82. The van der Waals surface area contributed by atoms with Gasteiger partial charge in [-0.05, 0) is 29.5 Å². The smallest absolute Gasteiger partial charge is 0.226 e. The lowest BCUT2D eigenvalue weighted by Crippen LogP contribution is -2.43. The summed E-state index contributed by atoms with van der Waals surface area (Å²) in [5.41, 5.74) is 1.58. The van der Waals surface area contributed by atoms with E-state index in [1.54, 1.807) is 0 Å². The van der Waals surface area contributed by atoms with E-state index in [9.17, 15) is 4.79 Å². The Balaban J connectivity index is 0.00000176. The molecule has 0 aliphatic carbocycles. The van der Waals surface area contributed by atoms with Crippen LogP contribution in [0.15, 0.2) is 24.3 Å². The zero-order chi connectivity index (χ0) is 14.5. The molecule has 8 nitrogen and oxygen atoms in total. The second-order valence-corrected chi connectivity index (χ2v) is 4.79. The molecular weight excluding hydrogens is 308 g/mol. The van der Waals surface area contributed by atoms with Gasteiger partial charge in [0.25, 0.3) is 0 Å². The number of tetrazole rings is 1. The molecule has 1 aliphatic rings. The summed E-state index contributed by atoms with van der Waals surface area (Å²) in [5.74, 6) is 0.488. The molecule has 1 fully saturated rings. The van der Waals surface area contributed by atoms with Gasteiger partial charge in [-0.3, -0.25) is 4.79 Å². The van der Waals surface area contributed by atoms with Gasteiger partial charge >= 0.3 is 0 Å². The third kappa shape index (κ3) is 4.23. The molecule has 118 valence electrons. The highest BCUT2D eigenvalue weighted by Gasteiger charge is 2.16. The van der Waals surface area contributed by atoms with Crippen molar-refractivity contribution in [2.45, 2.75) is 12.5 Å². The lowest BCUT2D eigenvalue weighted by Gasteiger charge is -2.23. The molecule has 0 saturated carbocycles. The number of hydrogen-bond donors (Lipinski definition) is 3. The fourth-order valence-electron chi connectivity index (χ4n) is 2.17. The van der Waals surface area contributed by atoms with Crippen LogP contribution in [0.4, 0.5) is 5.69 Å². The number of morpholine rings is 1. The number of nitrogens with zero attached hydrogens (tertiary/aromatic N) is 3. The number of benzene rings is 1. The summed E-state index contributed by atoms with van der Waals surface area (Å²) in [7, 11) is 0. The van der Waals surface area contributed by atoms with Crippen molar-refractivity contribution in [1.82, 2.24) is 25.9 Å². The standard InChI is InChI=1S/C13H16N6O2.ClH/c20-12(7-11-8-21-6-5-14-11)15-10-3-1-9(2-4-10)13-16-18-19-17-13;/h1-4,11,14H,5-8H2,(H,15,20)(H,16,17,18,19);1H. The van der Waals surface area contributed by atoms with Gasteiger partial charge in [0, 0.05) is 30.3 Å². The van der Waals surface area contributed by atoms with Gasteiger partial charge in [-0.2, -0.15) is 5.21 Å². The van der Waals surface area contributed by atoms with Crippen molar-refractivity contribution in [2.75, 3.05) is 25.1 Å². The van der Waals surface area contributed by atoms with Crippen molar-refractivity contribution >= 4 is 24.0 Å². The molecule has 1 unspecified atom stereocenters. The van der Waals surface area contributed by atoms with Crippen LogP contribution in [0.2, 0.25) is 0 Å². The van der Waals surface area contributed by atoms with E-state index in [-0.39, 0.29) is 24.4 Å². The highest BCUT2D eigenvalue weighted by atomic mass is 35.5. The number of amides is 1. The Hall–Kier alpha value is -2.03. The average Bonchev–Trinajstić information content (AvgIpc) is 3.03. The Bertz CT molecular complexity index is 583. The minimum absolute atomic E-state index is 0. The van der Waals surface area contributed by atoms with Gasteiger partial charge in [0.05, 0.1) is 13.2 Å². The van der Waals surface area contributed by atoms with Gasteiger partial charge in [-0.15, -0.1) is 22.6 Å². The summed E-state index contributed by atoms with van der Waals surface area (Å²) in [6.07, 6.45) is 0.395. The number of aromatic amines is 1. The molecule has 0 bridgehead atoms. The molecular formula is C13H17ClN6O2. The second-order valence-electron chi connectivity index (χ2n) is 4.79. The number of halogens is 1. The fourth-order valence-corrected chi connectivity index (χ4v) is 2.17. The zero-order valence-electron chi connectivity index (χ0n) is 11.8. The number of hydrogen-bond acceptors (Lipinski definition) is 6. The van der Waals surface area contributed by atoms with E-state index in [0.29, 0.717) is 25.5 Å². The summed E-state index contributed by atoms with van der Waals surface area (Å²) in [6, 6.07) is 7.38. The molecule has 1 atom stereocenters. The van der Waals surface area contributed by atoms with Crippen LogP contribution in [0.1, 0.15) is 6.42 Å². The third-order valence-corrected chi connectivity index (χ3v) is 3.20. The number of rotatable bonds is 4. The van der Waals surface area contributed by atoms with Crippen molar-refractivity contribution in [3.63, 3.8) is 0 Å². The van der Waals surface area contributed by atoms with E-state index in [4.69, 9.17) is 4.74 Å². The molecule has 1 aromatic carbocycles. The molecule has 0 spiro atoms. The van der Waals surface area contributed by atoms with Crippen LogP contribution in [0.25, 0.3) is 11.4 Å². The van der Waals surface area contributed by atoms with E-state index in [1.165, 1.54) is 0 Å². The van der Waals surface area contributed by atoms with Crippen molar-refractivity contribution in [2.24, 2.45) is 0 Å². The van der Waals surface area contributed by atoms with E-state index in [0.717, 1.165) is 17.8 Å². The monoisotopic (exact) mass is 324 g/mol. The molecule has 2 aromatic rings. The van der Waals surface area contributed by atoms with Gasteiger partial charge in [-0.25, -0.2) is 0 Å². The van der Waals surface area contributed by atoms with Crippen LogP contribution in [0.3, 0.4) is 0 Å². The fraction of sp³-hybridized carbons (Fsp3) is 0.385. The first-order valence-electron chi connectivity index (χ1n) is 6.76. The Labute approximate surface area is 133 Å². The third-order valence-electron chi connectivity index (χ3n) is 3.20. The minimum Gasteiger partial charge on any atom is -0.378 e. The number of ether oxygens (including phenoxy) is 1. The van der Waals surface area contributed by atoms with Crippen molar-refractivity contribution < 1.29 is 9.53 Å². The molecule has 9 heteroatoms. The summed E-state index contributed by atoms with van der Waals surface area (Å²) >= 11 is 0. The number of nitrogens with one attached hydrogen (secondary N) is 3. The number of aromatic nitrogens is 4. The second kappa shape index (κ2) is 7.83. The highest BCUT2D eigenvalue weighted by molar-refractivity contribution is 5.91. The molecule has 1 aromatic heterocycles. The highest BCUT2D eigenvalue weighted by Crippen LogP contribution is 2.17. The normalized spacial score (nSPS) is 17.5. The minimum atomic E-state index is -0.0367. The molecule has 3 rings (SSSR count). The van der Waals surface area contributed by atoms with Gasteiger partial charge in [0.15, 0.2) is 0 Å². The molecule has 22 heavy (non-hydrogen) atoms. The van der Waals surface area contributed by atoms with Crippen LogP contribution in [-0.2, 0) is 9.53 Å². The van der Waals surface area contributed by atoms with Crippen LogP contribution in [-0.4, -0.2) is 52.3 Å². The van der Waals surface area contributed by atoms with Gasteiger partial charge < -0.3 is 15.4 Å². The van der Waals surface area contributed by atoms with Gasteiger partial charge in [0.2, 0.25) is 11.7 Å². The molecule has 1 amide bonds. The SMILES string of the molecule is Cl.O=C(CC1COCCN1)Nc1ccc(-c2nn[nH]n2)cc1. The van der Waals surface area contributed by atoms with Crippen LogP contribution in [0, 0.1) is 0 Å². The van der Waals surface area contributed by atoms with Crippen LogP contribution >= 0.6 is 12.4 Å². The average molecular weight is 325 g/mol. The van der Waals surface area contributed by atoms with Crippen molar-refractivity contribution in [1.29, 1.82) is 0 Å². The number of carbonyl (C=O) groups excluding carboxylic acids is 1. The number of anilines is 1. The van der Waals surface area contributed by atoms with Crippen molar-refractivity contribution in [3.8, 4) is 11.4 Å². The molecule has 1 aliphatic heterocycles. The topological polar surface area (TPSA) is 105 Å². The van der Waals surface area contributed by atoms with Crippen LogP contribution in [0.5, 0.6) is 0 Å². The molecule has 3 N–H and O–H groups in total. The Morgan fingerprint density at radius 1 is 1.36 bits per heavy atom. The molecule has 1 saturated heterocycles. The maximum Gasteiger partial charge on any atom is 0.226 e. The quantitative estimate of drug-likeness (QED) is 0.761. The number of H-pyrrole nitrogens is 1. The number of carbonyl (C=O) groups is 1. The summed E-state index contributed by atoms with van der Waals surface area (Å²) in [4.78, 5) is 11.9. The maximum atomic E-state index is 11.9. The van der Waals surface area contributed by atoms with E-state index in [2.05, 4.69) is 31.3 Å². The summed E-state index contributed by atoms with van der Waals surface area (Å²) in [5, 5.41) is 19.8. The lowest BCUT2D eigenvalue weighted by molar-refractivity contribution is -0.117. The first kappa shape index (κ1) is 16.3. The summed E-state index contributed by atoms with van der Waals surface area (Å²) < 4.78 is 5.32. The molecule has 0 radical (unpaired) electrons. The summed E-state index contributed by atoms with van der Waals surface area (Å²) in [6.45, 7) is 2.07. The first-order valence-corrected chi connectivity index (χ1v) is 6.76. The van der Waals surface area contributed by atoms with Crippen molar-refractivity contribution in [3.05, 3.63) is 24.3 Å². The zero-order valence-corrected chi connectivity index (χ0v) is 12.6. The van der Waals surface area contributed by atoms with Gasteiger partial charge in [-0.1, -0.05) is 0 Å². The largest absolute Gasteiger partial charge is 0.378 e. The molecule has 2 heterocycles. The van der Waals surface area contributed by atoms with Gasteiger partial charge in [0.1, 0.15) is 0 Å². The predicted octanol–water partition coefficient (Wildman–Crippen LogP) is 0.605. The van der Waals surface area contributed by atoms with E-state index < -0.39 is 0 Å². The lowest BCUT2D eigenvalue weighted by atomic mass is 10.1. The van der Waals surface area contributed by atoms with Crippen LogP contribution < -0.4 is 10.6 Å². The van der Waals surface area contributed by atoms with E-state index >= 15 is 0 Å². The Morgan fingerprint density at radius 2 is 2.18 bits per heavy atom. The maximum absolute atomic E-state index is 11.9. The predicted molar refractivity (Wildman–Crippen MR) is 82.7 cm³/mol.